The Hall–Kier alpha value is -0.590. The van der Waals surface area contributed by atoms with E-state index in [9.17, 15) is 4.79 Å². The second-order valence-corrected chi connectivity index (χ2v) is 5.50. The molecule has 0 bridgehead atoms. The third kappa shape index (κ3) is 3.69. The summed E-state index contributed by atoms with van der Waals surface area (Å²) in [7, 11) is 0. The fourth-order valence-corrected chi connectivity index (χ4v) is 2.16. The van der Waals surface area contributed by atoms with Crippen molar-refractivity contribution in [2.45, 2.75) is 34.1 Å². The highest BCUT2D eigenvalue weighted by Gasteiger charge is 2.13. The summed E-state index contributed by atoms with van der Waals surface area (Å²) in [6.07, 6.45) is 0.844. The lowest BCUT2D eigenvalue weighted by Crippen LogP contribution is -2.28. The zero-order valence-electron chi connectivity index (χ0n) is 10.9. The number of hydrogen-bond acceptors (Lipinski definition) is 3. The Morgan fingerprint density at radius 2 is 1.94 bits per heavy atom. The normalized spacial score (nSPS) is 10.9. The van der Waals surface area contributed by atoms with Crippen LogP contribution in [0.5, 0.6) is 0 Å². The highest BCUT2D eigenvalue weighted by molar-refractivity contribution is 14.1. The summed E-state index contributed by atoms with van der Waals surface area (Å²) in [5, 5.41) is 0. The molecule has 1 heterocycles. The number of halogens is 1. The Labute approximate surface area is 116 Å². The third-order valence-corrected chi connectivity index (χ3v) is 3.70. The zero-order valence-corrected chi connectivity index (χ0v) is 13.0. The number of nitrogens with one attached hydrogen (secondary N) is 1. The molecule has 0 aliphatic heterocycles. The van der Waals surface area contributed by atoms with Gasteiger partial charge in [0.15, 0.2) is 0 Å². The number of nitrogens with zero attached hydrogens (tertiary/aromatic N) is 2. The van der Waals surface area contributed by atoms with Gasteiger partial charge in [0, 0.05) is 13.1 Å². The van der Waals surface area contributed by atoms with Crippen LogP contribution in [-0.2, 0) is 6.42 Å². The van der Waals surface area contributed by atoms with Gasteiger partial charge in [-0.2, -0.15) is 0 Å². The van der Waals surface area contributed by atoms with Gasteiger partial charge in [-0.05, 0) is 48.8 Å². The Morgan fingerprint density at radius 1 is 1.35 bits per heavy atom. The van der Waals surface area contributed by atoms with Crippen molar-refractivity contribution in [3.8, 4) is 0 Å². The van der Waals surface area contributed by atoms with Gasteiger partial charge in [-0.25, -0.2) is 4.98 Å². The monoisotopic (exact) mass is 349 g/mol. The molecule has 0 atom stereocenters. The maximum absolute atomic E-state index is 11.8. The minimum Gasteiger partial charge on any atom is -0.343 e. The Kier molecular flexibility index (Phi) is 5.42. The predicted octanol–water partition coefficient (Wildman–Crippen LogP) is 2.42. The summed E-state index contributed by atoms with van der Waals surface area (Å²) in [6, 6.07) is 0. The van der Waals surface area contributed by atoms with Crippen molar-refractivity contribution < 1.29 is 0 Å². The fourth-order valence-electron chi connectivity index (χ4n) is 1.69. The van der Waals surface area contributed by atoms with E-state index >= 15 is 0 Å². The molecule has 1 aromatic heterocycles. The van der Waals surface area contributed by atoms with Crippen molar-refractivity contribution >= 4 is 28.5 Å². The maximum atomic E-state index is 11.8. The first kappa shape index (κ1) is 14.5. The first-order chi connectivity index (χ1) is 7.99. The molecule has 1 rings (SSSR count). The Morgan fingerprint density at radius 3 is 2.41 bits per heavy atom. The van der Waals surface area contributed by atoms with Crippen LogP contribution < -0.4 is 10.5 Å². The Bertz CT molecular complexity index is 424. The summed E-state index contributed by atoms with van der Waals surface area (Å²) < 4.78 is 0.715. The Balaban J connectivity index is 3.18. The first-order valence-corrected chi connectivity index (χ1v) is 7.11. The van der Waals surface area contributed by atoms with Crippen LogP contribution in [0.2, 0.25) is 0 Å². The van der Waals surface area contributed by atoms with Crippen molar-refractivity contribution in [1.29, 1.82) is 0 Å². The zero-order chi connectivity index (χ0) is 13.0. The van der Waals surface area contributed by atoms with Crippen molar-refractivity contribution in [1.82, 2.24) is 9.97 Å². The van der Waals surface area contributed by atoms with Crippen molar-refractivity contribution in [2.75, 3.05) is 18.0 Å². The first-order valence-electron chi connectivity index (χ1n) is 6.03. The molecule has 0 spiro atoms. The fraction of sp³-hybridized carbons (Fsp3) is 0.667. The summed E-state index contributed by atoms with van der Waals surface area (Å²) >= 11 is 2.08. The van der Waals surface area contributed by atoms with Crippen LogP contribution in [0.3, 0.4) is 0 Å². The minimum absolute atomic E-state index is 0.0295. The number of H-pyrrole nitrogens is 1. The average Bonchev–Trinajstić information content (AvgIpc) is 2.26. The van der Waals surface area contributed by atoms with E-state index in [1.807, 2.05) is 0 Å². The molecular formula is C12H20IN3O. The summed E-state index contributed by atoms with van der Waals surface area (Å²) in [5.41, 5.74) is 0.879. The van der Waals surface area contributed by atoms with E-state index in [1.165, 1.54) is 0 Å². The molecule has 0 saturated carbocycles. The summed E-state index contributed by atoms with van der Waals surface area (Å²) in [4.78, 5) is 21.3. The van der Waals surface area contributed by atoms with Gasteiger partial charge in [-0.1, -0.05) is 13.8 Å². The van der Waals surface area contributed by atoms with Crippen LogP contribution in [-0.4, -0.2) is 23.1 Å². The molecule has 1 N–H and O–H groups in total. The number of hydrogen-bond donors (Lipinski definition) is 1. The van der Waals surface area contributed by atoms with E-state index in [4.69, 9.17) is 0 Å². The van der Waals surface area contributed by atoms with Crippen molar-refractivity contribution in [3.63, 3.8) is 0 Å². The molecule has 96 valence electrons. The van der Waals surface area contributed by atoms with Gasteiger partial charge in [0.25, 0.3) is 5.56 Å². The minimum atomic E-state index is -0.0295. The van der Waals surface area contributed by atoms with Gasteiger partial charge in [0.1, 0.15) is 0 Å². The van der Waals surface area contributed by atoms with Crippen LogP contribution in [0.4, 0.5) is 5.95 Å². The molecular weight excluding hydrogens is 329 g/mol. The number of anilines is 1. The molecule has 5 heteroatoms. The number of aromatic amines is 1. The molecule has 0 fully saturated rings. The predicted molar refractivity (Wildman–Crippen MR) is 79.7 cm³/mol. The van der Waals surface area contributed by atoms with Gasteiger partial charge < -0.3 is 4.90 Å². The van der Waals surface area contributed by atoms with E-state index in [0.717, 1.165) is 25.2 Å². The highest BCUT2D eigenvalue weighted by Crippen LogP contribution is 2.14. The largest absolute Gasteiger partial charge is 0.343 e. The van der Waals surface area contributed by atoms with E-state index in [1.54, 1.807) is 0 Å². The topological polar surface area (TPSA) is 49.0 Å². The second-order valence-electron chi connectivity index (χ2n) is 4.42. The van der Waals surface area contributed by atoms with Crippen LogP contribution in [0.25, 0.3) is 0 Å². The molecule has 0 saturated heterocycles. The SMILES string of the molecule is CCN(CC)c1nc(CC(C)C)c(I)c(=O)[nH]1. The van der Waals surface area contributed by atoms with Crippen LogP contribution in [0.15, 0.2) is 4.79 Å². The lowest BCUT2D eigenvalue weighted by atomic mass is 10.1. The smallest absolute Gasteiger partial charge is 0.266 e. The third-order valence-electron chi connectivity index (χ3n) is 2.58. The quantitative estimate of drug-likeness (QED) is 0.831. The van der Waals surface area contributed by atoms with E-state index in [0.29, 0.717) is 15.4 Å². The van der Waals surface area contributed by atoms with E-state index in [2.05, 4.69) is 65.2 Å². The molecule has 1 aromatic rings. The van der Waals surface area contributed by atoms with Crippen LogP contribution >= 0.6 is 22.6 Å². The standard InChI is InChI=1S/C12H20IN3O/c1-5-16(6-2)12-14-9(7-8(3)4)10(13)11(17)15-12/h8H,5-7H2,1-4H3,(H,14,15,17). The van der Waals surface area contributed by atoms with E-state index in [-0.39, 0.29) is 5.56 Å². The lowest BCUT2D eigenvalue weighted by Gasteiger charge is -2.20. The molecule has 0 radical (unpaired) electrons. The highest BCUT2D eigenvalue weighted by atomic mass is 127. The van der Waals surface area contributed by atoms with Gasteiger partial charge in [-0.15, -0.1) is 0 Å². The molecule has 0 aliphatic carbocycles. The number of rotatable bonds is 5. The molecule has 4 nitrogen and oxygen atoms in total. The van der Waals surface area contributed by atoms with Gasteiger partial charge in [-0.3, -0.25) is 9.78 Å². The van der Waals surface area contributed by atoms with Crippen molar-refractivity contribution in [3.05, 3.63) is 19.6 Å². The number of aromatic nitrogens is 2. The summed E-state index contributed by atoms with van der Waals surface area (Å²) in [6.45, 7) is 10.1. The van der Waals surface area contributed by atoms with Crippen LogP contribution in [0.1, 0.15) is 33.4 Å². The second kappa shape index (κ2) is 6.37. The molecule has 17 heavy (non-hydrogen) atoms. The van der Waals surface area contributed by atoms with Crippen LogP contribution in [0, 0.1) is 9.49 Å². The molecule has 0 unspecified atom stereocenters. The maximum Gasteiger partial charge on any atom is 0.266 e. The molecule has 0 amide bonds. The van der Waals surface area contributed by atoms with Gasteiger partial charge >= 0.3 is 0 Å². The van der Waals surface area contributed by atoms with Crippen molar-refractivity contribution in [2.24, 2.45) is 5.92 Å². The lowest BCUT2D eigenvalue weighted by molar-refractivity contribution is 0.628. The average molecular weight is 349 g/mol. The summed E-state index contributed by atoms with van der Waals surface area (Å²) in [5.74, 6) is 1.19. The van der Waals surface area contributed by atoms with Gasteiger partial charge in [0.2, 0.25) is 5.95 Å². The van der Waals surface area contributed by atoms with Gasteiger partial charge in [0.05, 0.1) is 9.26 Å². The molecule has 0 aliphatic rings. The van der Waals surface area contributed by atoms with E-state index < -0.39 is 0 Å². The molecule has 0 aromatic carbocycles.